The van der Waals surface area contributed by atoms with Gasteiger partial charge in [0.25, 0.3) is 5.91 Å². The zero-order chi connectivity index (χ0) is 19.3. The lowest BCUT2D eigenvalue weighted by Crippen LogP contribution is -2.47. The zero-order valence-corrected chi connectivity index (χ0v) is 15.9. The van der Waals surface area contributed by atoms with Gasteiger partial charge in [-0.2, -0.15) is 0 Å². The van der Waals surface area contributed by atoms with Crippen LogP contribution in [0.15, 0.2) is 67.0 Å². The number of carbonyl (C=O) groups is 1. The maximum absolute atomic E-state index is 12.6. The summed E-state index contributed by atoms with van der Waals surface area (Å²) in [5.41, 5.74) is 3.50. The zero-order valence-electron chi connectivity index (χ0n) is 15.9. The standard InChI is InChI=1S/C22H23N5O/c1-26-11-13-27(14-12-26)22(28)18-7-9-19(10-8-18)25-21-15-20(23-16-24-21)17-5-3-2-4-6-17/h2-10,15-16H,11-14H2,1H3,(H,23,24,25). The summed E-state index contributed by atoms with van der Waals surface area (Å²) in [6, 6.07) is 19.5. The van der Waals surface area contributed by atoms with Gasteiger partial charge in [0.2, 0.25) is 0 Å². The number of benzene rings is 2. The number of hydrogen-bond acceptors (Lipinski definition) is 5. The molecule has 1 aromatic heterocycles. The number of anilines is 2. The molecule has 0 radical (unpaired) electrons. The second-order valence-electron chi connectivity index (χ2n) is 6.95. The molecule has 142 valence electrons. The van der Waals surface area contributed by atoms with Gasteiger partial charge in [-0.05, 0) is 31.3 Å². The Bertz CT molecular complexity index is 935. The lowest BCUT2D eigenvalue weighted by molar-refractivity contribution is 0.0664. The van der Waals surface area contributed by atoms with Crippen molar-refractivity contribution >= 4 is 17.4 Å². The van der Waals surface area contributed by atoms with Crippen LogP contribution in [0.2, 0.25) is 0 Å². The summed E-state index contributed by atoms with van der Waals surface area (Å²) in [5.74, 6) is 0.806. The topological polar surface area (TPSA) is 61.4 Å². The number of carbonyl (C=O) groups excluding carboxylic acids is 1. The largest absolute Gasteiger partial charge is 0.340 e. The minimum absolute atomic E-state index is 0.0908. The fourth-order valence-electron chi connectivity index (χ4n) is 3.23. The summed E-state index contributed by atoms with van der Waals surface area (Å²) in [6.07, 6.45) is 1.55. The second-order valence-corrected chi connectivity index (χ2v) is 6.95. The van der Waals surface area contributed by atoms with Crippen LogP contribution < -0.4 is 5.32 Å². The highest BCUT2D eigenvalue weighted by Gasteiger charge is 2.20. The Kier molecular flexibility index (Phi) is 5.30. The Labute approximate surface area is 164 Å². The predicted octanol–water partition coefficient (Wildman–Crippen LogP) is 3.27. The van der Waals surface area contributed by atoms with E-state index < -0.39 is 0 Å². The van der Waals surface area contributed by atoms with Crippen molar-refractivity contribution in [1.82, 2.24) is 19.8 Å². The molecule has 1 aliphatic rings. The van der Waals surface area contributed by atoms with Crippen LogP contribution in [0.5, 0.6) is 0 Å². The monoisotopic (exact) mass is 373 g/mol. The highest BCUT2D eigenvalue weighted by Crippen LogP contribution is 2.21. The highest BCUT2D eigenvalue weighted by molar-refractivity contribution is 5.94. The first-order valence-corrected chi connectivity index (χ1v) is 9.41. The van der Waals surface area contributed by atoms with E-state index in [1.54, 1.807) is 6.33 Å². The Morgan fingerprint density at radius 1 is 0.929 bits per heavy atom. The molecule has 1 fully saturated rings. The number of rotatable bonds is 4. The van der Waals surface area contributed by atoms with Crippen LogP contribution in [0.1, 0.15) is 10.4 Å². The van der Waals surface area contributed by atoms with Gasteiger partial charge in [-0.15, -0.1) is 0 Å². The first-order valence-electron chi connectivity index (χ1n) is 9.41. The van der Waals surface area contributed by atoms with Crippen LogP contribution in [-0.2, 0) is 0 Å². The summed E-state index contributed by atoms with van der Waals surface area (Å²) in [5, 5.41) is 3.28. The van der Waals surface area contributed by atoms with Gasteiger partial charge in [-0.25, -0.2) is 9.97 Å². The third-order valence-corrected chi connectivity index (χ3v) is 4.93. The molecule has 0 bridgehead atoms. The molecule has 3 aromatic rings. The number of likely N-dealkylation sites (N-methyl/N-ethyl adjacent to an activating group) is 1. The third kappa shape index (κ3) is 4.18. The number of hydrogen-bond donors (Lipinski definition) is 1. The molecule has 2 heterocycles. The smallest absolute Gasteiger partial charge is 0.253 e. The Morgan fingerprint density at radius 2 is 1.64 bits per heavy atom. The van der Waals surface area contributed by atoms with E-state index in [-0.39, 0.29) is 5.91 Å². The summed E-state index contributed by atoms with van der Waals surface area (Å²) in [6.45, 7) is 3.39. The van der Waals surface area contributed by atoms with Crippen molar-refractivity contribution in [2.75, 3.05) is 38.5 Å². The molecule has 1 saturated heterocycles. The molecule has 1 aliphatic heterocycles. The molecule has 28 heavy (non-hydrogen) atoms. The molecular formula is C22H23N5O. The molecule has 2 aromatic carbocycles. The van der Waals surface area contributed by atoms with Gasteiger partial charge in [0.1, 0.15) is 12.1 Å². The lowest BCUT2D eigenvalue weighted by Gasteiger charge is -2.32. The van der Waals surface area contributed by atoms with E-state index in [2.05, 4.69) is 27.2 Å². The molecule has 0 unspecified atom stereocenters. The van der Waals surface area contributed by atoms with Gasteiger partial charge in [0.15, 0.2) is 0 Å². The molecular weight excluding hydrogens is 350 g/mol. The van der Waals surface area contributed by atoms with Crippen molar-refractivity contribution in [3.8, 4) is 11.3 Å². The molecule has 6 nitrogen and oxygen atoms in total. The van der Waals surface area contributed by atoms with Gasteiger partial charge in [-0.1, -0.05) is 30.3 Å². The first kappa shape index (κ1) is 18.1. The Hall–Kier alpha value is -3.25. The number of amides is 1. The van der Waals surface area contributed by atoms with E-state index in [1.807, 2.05) is 65.6 Å². The van der Waals surface area contributed by atoms with Gasteiger partial charge in [0, 0.05) is 49.1 Å². The van der Waals surface area contributed by atoms with Crippen LogP contribution in [-0.4, -0.2) is 58.9 Å². The quantitative estimate of drug-likeness (QED) is 0.761. The lowest BCUT2D eigenvalue weighted by atomic mass is 10.1. The van der Waals surface area contributed by atoms with E-state index in [0.717, 1.165) is 43.1 Å². The fourth-order valence-corrected chi connectivity index (χ4v) is 3.23. The molecule has 0 atom stereocenters. The van der Waals surface area contributed by atoms with E-state index in [4.69, 9.17) is 0 Å². The molecule has 0 spiro atoms. The van der Waals surface area contributed by atoms with Crippen molar-refractivity contribution in [3.05, 3.63) is 72.6 Å². The summed E-state index contributed by atoms with van der Waals surface area (Å²) in [4.78, 5) is 25.4. The van der Waals surface area contributed by atoms with E-state index >= 15 is 0 Å². The minimum atomic E-state index is 0.0908. The molecule has 0 aliphatic carbocycles. The average Bonchev–Trinajstić information content (AvgIpc) is 2.75. The number of nitrogens with one attached hydrogen (secondary N) is 1. The molecule has 1 N–H and O–H groups in total. The summed E-state index contributed by atoms with van der Waals surface area (Å²) in [7, 11) is 2.08. The predicted molar refractivity (Wildman–Crippen MR) is 111 cm³/mol. The Morgan fingerprint density at radius 3 is 2.36 bits per heavy atom. The fraction of sp³-hybridized carbons (Fsp3) is 0.227. The van der Waals surface area contributed by atoms with Gasteiger partial charge >= 0.3 is 0 Å². The van der Waals surface area contributed by atoms with Crippen molar-refractivity contribution in [3.63, 3.8) is 0 Å². The van der Waals surface area contributed by atoms with Crippen LogP contribution in [0.3, 0.4) is 0 Å². The van der Waals surface area contributed by atoms with Crippen LogP contribution in [0.4, 0.5) is 11.5 Å². The van der Waals surface area contributed by atoms with E-state index in [0.29, 0.717) is 11.4 Å². The van der Waals surface area contributed by atoms with E-state index in [9.17, 15) is 4.79 Å². The first-order chi connectivity index (χ1) is 13.7. The average molecular weight is 373 g/mol. The van der Waals surface area contributed by atoms with Gasteiger partial charge in [0.05, 0.1) is 5.69 Å². The normalized spacial score (nSPS) is 14.7. The maximum Gasteiger partial charge on any atom is 0.253 e. The maximum atomic E-state index is 12.6. The molecule has 1 amide bonds. The van der Waals surface area contributed by atoms with Gasteiger partial charge in [-0.3, -0.25) is 4.79 Å². The SMILES string of the molecule is CN1CCN(C(=O)c2ccc(Nc3cc(-c4ccccc4)ncn3)cc2)CC1. The second kappa shape index (κ2) is 8.19. The van der Waals surface area contributed by atoms with Crippen LogP contribution in [0.25, 0.3) is 11.3 Å². The molecule has 4 rings (SSSR count). The van der Waals surface area contributed by atoms with Crippen molar-refractivity contribution in [2.45, 2.75) is 0 Å². The van der Waals surface area contributed by atoms with Crippen LogP contribution >= 0.6 is 0 Å². The number of piperazine rings is 1. The molecule has 0 saturated carbocycles. The molecule has 6 heteroatoms. The minimum Gasteiger partial charge on any atom is -0.340 e. The van der Waals surface area contributed by atoms with Crippen molar-refractivity contribution in [1.29, 1.82) is 0 Å². The number of nitrogens with zero attached hydrogens (tertiary/aromatic N) is 4. The summed E-state index contributed by atoms with van der Waals surface area (Å²) >= 11 is 0. The summed E-state index contributed by atoms with van der Waals surface area (Å²) < 4.78 is 0. The van der Waals surface area contributed by atoms with E-state index in [1.165, 1.54) is 0 Å². The van der Waals surface area contributed by atoms with Crippen molar-refractivity contribution < 1.29 is 4.79 Å². The third-order valence-electron chi connectivity index (χ3n) is 4.93. The van der Waals surface area contributed by atoms with Crippen molar-refractivity contribution in [2.24, 2.45) is 0 Å². The number of aromatic nitrogens is 2. The highest BCUT2D eigenvalue weighted by atomic mass is 16.2. The van der Waals surface area contributed by atoms with Gasteiger partial charge < -0.3 is 15.1 Å². The Balaban J connectivity index is 1.44. The van der Waals surface area contributed by atoms with Crippen LogP contribution in [0, 0.1) is 0 Å².